The second kappa shape index (κ2) is 7.56. The molecule has 0 aliphatic heterocycles. The van der Waals surface area contributed by atoms with Gasteiger partial charge in [-0.3, -0.25) is 4.79 Å². The molecule has 10 heteroatoms. The average molecular weight is 301 g/mol. The van der Waals surface area contributed by atoms with Crippen molar-refractivity contribution >= 4 is 11.9 Å². The summed E-state index contributed by atoms with van der Waals surface area (Å²) >= 11 is 0. The second-order valence-electron chi connectivity index (χ2n) is 3.38. The molecule has 0 aliphatic rings. The van der Waals surface area contributed by atoms with Gasteiger partial charge in [-0.25, -0.2) is 9.97 Å². The molecule has 1 aromatic rings. The van der Waals surface area contributed by atoms with Crippen molar-refractivity contribution in [1.82, 2.24) is 9.97 Å². The molecule has 1 rings (SSSR count). The smallest absolute Gasteiger partial charge is 0.455 e. The van der Waals surface area contributed by atoms with E-state index in [4.69, 9.17) is 5.11 Å². The molecular weight excluding hydrogens is 289 g/mol. The molecule has 1 heterocycles. The first-order chi connectivity index (χ1) is 9.10. The highest BCUT2D eigenvalue weighted by Gasteiger charge is 2.57. The van der Waals surface area contributed by atoms with Gasteiger partial charge < -0.3 is 10.4 Å². The molecule has 0 amide bonds. The van der Waals surface area contributed by atoms with Crippen molar-refractivity contribution in [1.29, 1.82) is 0 Å². The summed E-state index contributed by atoms with van der Waals surface area (Å²) in [6.07, 6.45) is -2.91. The highest BCUT2D eigenvalue weighted by molar-refractivity contribution is 5.66. The van der Waals surface area contributed by atoms with Crippen LogP contribution in [0.5, 0.6) is 0 Å². The minimum absolute atomic E-state index is 0.222. The van der Waals surface area contributed by atoms with Gasteiger partial charge in [0, 0.05) is 18.8 Å². The quantitative estimate of drug-likeness (QED) is 0.836. The standard InChI is InChI=1S/C7H6F5N3.C3H6O2/c8-6(9,7(10,11)12)4-15-5-13-2-1-3-14-5;1-2-3(4)5/h1-3H,4H2,(H,13,14,15);2H2,1H3,(H,4,5). The molecule has 1 aromatic heterocycles. The number of nitrogens with zero attached hydrogens (tertiary/aromatic N) is 2. The summed E-state index contributed by atoms with van der Waals surface area (Å²) in [5, 5.41) is 9.52. The first-order valence-corrected chi connectivity index (χ1v) is 5.27. The van der Waals surface area contributed by atoms with E-state index >= 15 is 0 Å². The first kappa shape index (κ1) is 18.0. The molecule has 0 saturated carbocycles. The Balaban J connectivity index is 0.000000621. The third kappa shape index (κ3) is 6.81. The van der Waals surface area contributed by atoms with Crippen LogP contribution in [-0.2, 0) is 4.79 Å². The zero-order valence-corrected chi connectivity index (χ0v) is 10.3. The van der Waals surface area contributed by atoms with Crippen molar-refractivity contribution in [2.75, 3.05) is 11.9 Å². The van der Waals surface area contributed by atoms with Crippen molar-refractivity contribution in [3.05, 3.63) is 18.5 Å². The second-order valence-corrected chi connectivity index (χ2v) is 3.38. The minimum atomic E-state index is -5.57. The molecule has 0 atom stereocenters. The lowest BCUT2D eigenvalue weighted by atomic mass is 10.3. The van der Waals surface area contributed by atoms with Crippen molar-refractivity contribution in [3.8, 4) is 0 Å². The Morgan fingerprint density at radius 2 is 1.70 bits per heavy atom. The van der Waals surface area contributed by atoms with Gasteiger partial charge in [0.1, 0.15) is 0 Å². The van der Waals surface area contributed by atoms with Crippen molar-refractivity contribution in [2.24, 2.45) is 0 Å². The van der Waals surface area contributed by atoms with Gasteiger partial charge in [-0.05, 0) is 6.07 Å². The van der Waals surface area contributed by atoms with Crippen LogP contribution in [0.1, 0.15) is 13.3 Å². The van der Waals surface area contributed by atoms with E-state index in [9.17, 15) is 26.7 Å². The predicted octanol–water partition coefficient (Wildman–Crippen LogP) is 2.57. The van der Waals surface area contributed by atoms with Crippen LogP contribution in [0.15, 0.2) is 18.5 Å². The van der Waals surface area contributed by atoms with Crippen molar-refractivity contribution in [3.63, 3.8) is 0 Å². The maximum atomic E-state index is 12.4. The highest BCUT2D eigenvalue weighted by Crippen LogP contribution is 2.35. The van der Waals surface area contributed by atoms with Crippen LogP contribution in [0.2, 0.25) is 0 Å². The van der Waals surface area contributed by atoms with Crippen LogP contribution in [-0.4, -0.2) is 39.7 Å². The molecule has 0 aliphatic carbocycles. The van der Waals surface area contributed by atoms with Gasteiger partial charge in [0.05, 0.1) is 6.54 Å². The van der Waals surface area contributed by atoms with E-state index in [0.29, 0.717) is 0 Å². The van der Waals surface area contributed by atoms with Crippen LogP contribution < -0.4 is 5.32 Å². The fraction of sp³-hybridized carbons (Fsp3) is 0.500. The van der Waals surface area contributed by atoms with E-state index < -0.39 is 24.6 Å². The lowest BCUT2D eigenvalue weighted by Crippen LogP contribution is -2.42. The number of halogens is 5. The number of aliphatic carboxylic acids is 1. The summed E-state index contributed by atoms with van der Waals surface area (Å²) in [5.74, 6) is -5.82. The summed E-state index contributed by atoms with van der Waals surface area (Å²) < 4.78 is 59.9. The zero-order valence-electron chi connectivity index (χ0n) is 10.3. The Kier molecular flexibility index (Phi) is 6.80. The number of anilines is 1. The minimum Gasteiger partial charge on any atom is -0.481 e. The molecule has 0 spiro atoms. The maximum absolute atomic E-state index is 12.4. The van der Waals surface area contributed by atoms with E-state index in [-0.39, 0.29) is 12.4 Å². The largest absolute Gasteiger partial charge is 0.481 e. The molecule has 0 aromatic carbocycles. The predicted molar refractivity (Wildman–Crippen MR) is 59.5 cm³/mol. The van der Waals surface area contributed by atoms with Gasteiger partial charge in [0.2, 0.25) is 5.95 Å². The van der Waals surface area contributed by atoms with Crippen LogP contribution >= 0.6 is 0 Å². The zero-order chi connectivity index (χ0) is 15.8. The number of alkyl halides is 5. The van der Waals surface area contributed by atoms with Crippen LogP contribution in [0.25, 0.3) is 0 Å². The molecule has 20 heavy (non-hydrogen) atoms. The Morgan fingerprint density at radius 1 is 1.25 bits per heavy atom. The normalized spacial score (nSPS) is 11.3. The molecule has 2 N–H and O–H groups in total. The summed E-state index contributed by atoms with van der Waals surface area (Å²) in [5.41, 5.74) is 0. The topological polar surface area (TPSA) is 75.1 Å². The highest BCUT2D eigenvalue weighted by atomic mass is 19.4. The number of nitrogens with one attached hydrogen (secondary N) is 1. The molecular formula is C10H12F5N3O2. The summed E-state index contributed by atoms with van der Waals surface area (Å²) in [6.45, 7) is 0.0167. The number of carbonyl (C=O) groups is 1. The first-order valence-electron chi connectivity index (χ1n) is 5.27. The van der Waals surface area contributed by atoms with E-state index in [1.54, 1.807) is 12.2 Å². The Morgan fingerprint density at radius 3 is 2.05 bits per heavy atom. The molecule has 0 fully saturated rings. The Labute approximate surface area is 110 Å². The lowest BCUT2D eigenvalue weighted by Gasteiger charge is -2.19. The number of carboxylic acids is 1. The third-order valence-electron chi connectivity index (χ3n) is 1.75. The number of hydrogen-bond acceptors (Lipinski definition) is 4. The fourth-order valence-corrected chi connectivity index (χ4v) is 0.681. The SMILES string of the molecule is CCC(=O)O.FC(F)(F)C(F)(F)CNc1ncccn1. The fourth-order valence-electron chi connectivity index (χ4n) is 0.681. The molecule has 5 nitrogen and oxygen atoms in total. The van der Waals surface area contributed by atoms with Crippen LogP contribution in [0.4, 0.5) is 27.9 Å². The lowest BCUT2D eigenvalue weighted by molar-refractivity contribution is -0.275. The Bertz CT molecular complexity index is 411. The monoisotopic (exact) mass is 301 g/mol. The summed E-state index contributed by atoms with van der Waals surface area (Å²) in [6, 6.07) is 1.41. The van der Waals surface area contributed by atoms with Gasteiger partial charge in [-0.1, -0.05) is 6.92 Å². The molecule has 0 unspecified atom stereocenters. The van der Waals surface area contributed by atoms with Crippen molar-refractivity contribution < 1.29 is 31.9 Å². The molecule has 0 bridgehead atoms. The average Bonchev–Trinajstić information content (AvgIpc) is 2.37. The van der Waals surface area contributed by atoms with E-state index in [1.165, 1.54) is 18.5 Å². The third-order valence-corrected chi connectivity index (χ3v) is 1.75. The number of carboxylic acid groups (broad SMARTS) is 1. The van der Waals surface area contributed by atoms with E-state index in [1.807, 2.05) is 0 Å². The van der Waals surface area contributed by atoms with Gasteiger partial charge in [-0.2, -0.15) is 22.0 Å². The molecule has 114 valence electrons. The summed E-state index contributed by atoms with van der Waals surface area (Å²) in [4.78, 5) is 16.2. The Hall–Kier alpha value is -2.00. The van der Waals surface area contributed by atoms with E-state index in [2.05, 4.69) is 9.97 Å². The number of aromatic nitrogens is 2. The van der Waals surface area contributed by atoms with Gasteiger partial charge in [0.15, 0.2) is 0 Å². The van der Waals surface area contributed by atoms with Crippen molar-refractivity contribution in [2.45, 2.75) is 25.4 Å². The molecule has 0 radical (unpaired) electrons. The summed E-state index contributed by atoms with van der Waals surface area (Å²) in [7, 11) is 0. The van der Waals surface area contributed by atoms with Crippen LogP contribution in [0, 0.1) is 0 Å². The number of rotatable bonds is 4. The number of hydrogen-bond donors (Lipinski definition) is 2. The van der Waals surface area contributed by atoms with Crippen LogP contribution in [0.3, 0.4) is 0 Å². The van der Waals surface area contributed by atoms with Gasteiger partial charge in [0.25, 0.3) is 0 Å². The maximum Gasteiger partial charge on any atom is 0.455 e. The van der Waals surface area contributed by atoms with Gasteiger partial charge >= 0.3 is 18.1 Å². The van der Waals surface area contributed by atoms with Gasteiger partial charge in [-0.15, -0.1) is 0 Å². The molecule has 0 saturated heterocycles. The van der Waals surface area contributed by atoms with E-state index in [0.717, 1.165) is 0 Å².